The molecular formula is C15H22N2O3. The average molecular weight is 278 g/mol. The summed E-state index contributed by atoms with van der Waals surface area (Å²) in [5.74, 6) is -0.0966. The van der Waals surface area contributed by atoms with Crippen LogP contribution in [0.25, 0.3) is 0 Å². The zero-order valence-electron chi connectivity index (χ0n) is 12.5. The topological polar surface area (TPSA) is 62.6 Å². The summed E-state index contributed by atoms with van der Waals surface area (Å²) in [5, 5.41) is 2.86. The number of nitrogens with one attached hydrogen (secondary N) is 1. The van der Waals surface area contributed by atoms with Gasteiger partial charge in [0.25, 0.3) is 0 Å². The third kappa shape index (κ3) is 2.71. The maximum absolute atomic E-state index is 12.7. The maximum atomic E-state index is 12.7. The fraction of sp³-hybridized carbons (Fsp3) is 0.600. The molecule has 0 aliphatic carbocycles. The highest BCUT2D eigenvalue weighted by Gasteiger charge is 2.44. The Morgan fingerprint density at radius 3 is 2.55 bits per heavy atom. The van der Waals surface area contributed by atoms with Crippen molar-refractivity contribution in [2.45, 2.75) is 52.7 Å². The molecule has 1 aliphatic heterocycles. The van der Waals surface area contributed by atoms with Crippen LogP contribution in [0.4, 0.5) is 0 Å². The quantitative estimate of drug-likeness (QED) is 0.919. The molecule has 1 saturated heterocycles. The average Bonchev–Trinajstić information content (AvgIpc) is 2.85. The Kier molecular flexibility index (Phi) is 3.88. The van der Waals surface area contributed by atoms with Gasteiger partial charge in [-0.15, -0.1) is 0 Å². The highest BCUT2D eigenvalue weighted by Crippen LogP contribution is 2.27. The lowest BCUT2D eigenvalue weighted by Crippen LogP contribution is -2.66. The van der Waals surface area contributed by atoms with Crippen molar-refractivity contribution in [1.29, 1.82) is 0 Å². The minimum Gasteiger partial charge on any atom is -0.472 e. The first-order valence-electron chi connectivity index (χ1n) is 6.96. The largest absolute Gasteiger partial charge is 0.472 e. The predicted octanol–water partition coefficient (Wildman–Crippen LogP) is 1.93. The first kappa shape index (κ1) is 14.6. The Morgan fingerprint density at radius 2 is 2.05 bits per heavy atom. The van der Waals surface area contributed by atoms with Crippen LogP contribution in [-0.2, 0) is 16.1 Å². The van der Waals surface area contributed by atoms with E-state index in [0.717, 1.165) is 5.56 Å². The molecule has 1 aromatic heterocycles. The maximum Gasteiger partial charge on any atom is 0.246 e. The molecule has 2 atom stereocenters. The van der Waals surface area contributed by atoms with Crippen LogP contribution in [0.15, 0.2) is 23.0 Å². The Hall–Kier alpha value is -1.78. The molecule has 110 valence electrons. The van der Waals surface area contributed by atoms with Crippen LogP contribution in [0.3, 0.4) is 0 Å². The van der Waals surface area contributed by atoms with Crippen molar-refractivity contribution in [3.05, 3.63) is 24.2 Å². The number of carbonyl (C=O) groups is 2. The fourth-order valence-electron chi connectivity index (χ4n) is 2.52. The van der Waals surface area contributed by atoms with Crippen LogP contribution >= 0.6 is 0 Å². The fourth-order valence-corrected chi connectivity index (χ4v) is 2.52. The molecule has 0 spiro atoms. The molecule has 2 amide bonds. The van der Waals surface area contributed by atoms with Gasteiger partial charge in [-0.1, -0.05) is 27.7 Å². The van der Waals surface area contributed by atoms with Gasteiger partial charge in [-0.3, -0.25) is 9.59 Å². The van der Waals surface area contributed by atoms with E-state index in [1.807, 2.05) is 33.8 Å². The van der Waals surface area contributed by atoms with Gasteiger partial charge in [0.1, 0.15) is 12.1 Å². The van der Waals surface area contributed by atoms with Crippen molar-refractivity contribution in [3.63, 3.8) is 0 Å². The zero-order valence-corrected chi connectivity index (χ0v) is 12.5. The van der Waals surface area contributed by atoms with Gasteiger partial charge < -0.3 is 14.6 Å². The molecule has 5 heteroatoms. The molecule has 2 rings (SSSR count). The Bertz CT molecular complexity index is 488. The van der Waals surface area contributed by atoms with Gasteiger partial charge in [-0.25, -0.2) is 0 Å². The van der Waals surface area contributed by atoms with Crippen LogP contribution in [0.2, 0.25) is 0 Å². The summed E-state index contributed by atoms with van der Waals surface area (Å²) in [6.07, 6.45) is 3.79. The summed E-state index contributed by atoms with van der Waals surface area (Å²) < 4.78 is 5.04. The van der Waals surface area contributed by atoms with Gasteiger partial charge >= 0.3 is 0 Å². The molecule has 0 aromatic carbocycles. The van der Waals surface area contributed by atoms with Crippen LogP contribution in [0, 0.1) is 5.41 Å². The minimum atomic E-state index is -0.482. The molecule has 20 heavy (non-hydrogen) atoms. The van der Waals surface area contributed by atoms with E-state index in [1.54, 1.807) is 17.4 Å². The highest BCUT2D eigenvalue weighted by atomic mass is 16.3. The second kappa shape index (κ2) is 5.31. The molecule has 1 fully saturated rings. The molecule has 0 saturated carbocycles. The van der Waals surface area contributed by atoms with Crippen molar-refractivity contribution in [2.75, 3.05) is 0 Å². The molecule has 0 bridgehead atoms. The molecule has 1 aliphatic rings. The lowest BCUT2D eigenvalue weighted by Gasteiger charge is -2.43. The van der Waals surface area contributed by atoms with Crippen molar-refractivity contribution >= 4 is 11.8 Å². The van der Waals surface area contributed by atoms with Gasteiger partial charge in [0.2, 0.25) is 11.8 Å². The molecule has 1 aromatic rings. The zero-order chi connectivity index (χ0) is 14.9. The van der Waals surface area contributed by atoms with E-state index < -0.39 is 12.1 Å². The number of hydrogen-bond donors (Lipinski definition) is 1. The van der Waals surface area contributed by atoms with E-state index in [9.17, 15) is 9.59 Å². The van der Waals surface area contributed by atoms with E-state index in [1.165, 1.54) is 0 Å². The first-order chi connectivity index (χ1) is 9.34. The normalized spacial score (nSPS) is 23.9. The van der Waals surface area contributed by atoms with Crippen LogP contribution in [-0.4, -0.2) is 28.8 Å². The summed E-state index contributed by atoms with van der Waals surface area (Å²) in [6, 6.07) is 0.930. The number of furan rings is 1. The molecule has 2 unspecified atom stereocenters. The van der Waals surface area contributed by atoms with E-state index >= 15 is 0 Å². The van der Waals surface area contributed by atoms with E-state index in [4.69, 9.17) is 4.42 Å². The van der Waals surface area contributed by atoms with Crippen molar-refractivity contribution in [1.82, 2.24) is 10.2 Å². The molecule has 1 N–H and O–H groups in total. The monoisotopic (exact) mass is 278 g/mol. The third-order valence-corrected chi connectivity index (χ3v) is 3.68. The van der Waals surface area contributed by atoms with Crippen LogP contribution < -0.4 is 5.32 Å². The second-order valence-corrected chi connectivity index (χ2v) is 6.33. The molecule has 0 radical (unpaired) electrons. The Morgan fingerprint density at radius 1 is 1.35 bits per heavy atom. The Balaban J connectivity index is 2.28. The molecule has 5 nitrogen and oxygen atoms in total. The molecular weight excluding hydrogens is 256 g/mol. The number of nitrogens with zero attached hydrogens (tertiary/aromatic N) is 1. The smallest absolute Gasteiger partial charge is 0.246 e. The number of piperazine rings is 1. The van der Waals surface area contributed by atoms with E-state index in [0.29, 0.717) is 13.0 Å². The third-order valence-electron chi connectivity index (χ3n) is 3.68. The van der Waals surface area contributed by atoms with Gasteiger partial charge in [-0.05, 0) is 17.9 Å². The first-order valence-corrected chi connectivity index (χ1v) is 6.96. The number of amides is 2. The van der Waals surface area contributed by atoms with Crippen molar-refractivity contribution in [2.24, 2.45) is 5.41 Å². The second-order valence-electron chi connectivity index (χ2n) is 6.33. The van der Waals surface area contributed by atoms with E-state index in [2.05, 4.69) is 5.32 Å². The summed E-state index contributed by atoms with van der Waals surface area (Å²) in [7, 11) is 0. The van der Waals surface area contributed by atoms with E-state index in [-0.39, 0.29) is 17.2 Å². The predicted molar refractivity (Wildman–Crippen MR) is 74.7 cm³/mol. The Labute approximate surface area is 119 Å². The summed E-state index contributed by atoms with van der Waals surface area (Å²) in [5.41, 5.74) is 0.597. The lowest BCUT2D eigenvalue weighted by molar-refractivity contribution is -0.153. The summed E-state index contributed by atoms with van der Waals surface area (Å²) >= 11 is 0. The van der Waals surface area contributed by atoms with Gasteiger partial charge in [0.05, 0.1) is 12.5 Å². The van der Waals surface area contributed by atoms with Gasteiger partial charge in [-0.2, -0.15) is 0 Å². The van der Waals surface area contributed by atoms with Crippen molar-refractivity contribution < 1.29 is 14.0 Å². The van der Waals surface area contributed by atoms with Gasteiger partial charge in [0, 0.05) is 12.1 Å². The highest BCUT2D eigenvalue weighted by molar-refractivity contribution is 5.97. The lowest BCUT2D eigenvalue weighted by atomic mass is 9.83. The number of carbonyl (C=O) groups excluding carboxylic acids is 2. The summed E-state index contributed by atoms with van der Waals surface area (Å²) in [6.45, 7) is 8.19. The minimum absolute atomic E-state index is 0.0230. The summed E-state index contributed by atoms with van der Waals surface area (Å²) in [4.78, 5) is 26.6. The van der Waals surface area contributed by atoms with Crippen molar-refractivity contribution in [3.8, 4) is 0 Å². The standard InChI is InChI=1S/C15H22N2O3/c1-5-11-13(18)16-12(15(2,3)4)14(19)17(11)8-10-6-7-20-9-10/h6-7,9,11-12H,5,8H2,1-4H3,(H,16,18). The van der Waals surface area contributed by atoms with Crippen LogP contribution in [0.5, 0.6) is 0 Å². The molecule has 2 heterocycles. The SMILES string of the molecule is CCC1C(=O)NC(C(C)(C)C)C(=O)N1Cc1ccoc1. The number of hydrogen-bond acceptors (Lipinski definition) is 3. The van der Waals surface area contributed by atoms with Crippen LogP contribution in [0.1, 0.15) is 39.7 Å². The number of rotatable bonds is 3. The van der Waals surface area contributed by atoms with Gasteiger partial charge in [0.15, 0.2) is 0 Å².